The van der Waals surface area contributed by atoms with E-state index in [-0.39, 0.29) is 0 Å². The highest BCUT2D eigenvalue weighted by molar-refractivity contribution is 6.35. The summed E-state index contributed by atoms with van der Waals surface area (Å²) in [6.45, 7) is 3.30. The van der Waals surface area contributed by atoms with E-state index in [0.717, 1.165) is 17.6 Å². The predicted molar refractivity (Wildman–Crippen MR) is 80.3 cm³/mol. The lowest BCUT2D eigenvalue weighted by molar-refractivity contribution is 0.186. The lowest BCUT2D eigenvalue weighted by Gasteiger charge is -2.34. The van der Waals surface area contributed by atoms with E-state index < -0.39 is 0 Å². The van der Waals surface area contributed by atoms with E-state index in [1.54, 1.807) is 0 Å². The van der Waals surface area contributed by atoms with E-state index in [4.69, 9.17) is 17.3 Å². The number of fused-ring (bicyclic) bond motifs is 1. The number of hydrogen-bond acceptors (Lipinski definition) is 2. The lowest BCUT2D eigenvalue weighted by atomic mass is 9.75. The standard InChI is InChI=1S/C15H20ClN3/c1-15(8-3-2-4-9-15)10-19-12-7-5-6-11(16)13(12)18-14(19)17/h5-7H,2-4,8-10H2,1H3,(H2,17,18). The second-order valence-corrected chi connectivity index (χ2v) is 6.44. The molecule has 1 fully saturated rings. The Hall–Kier alpha value is -1.22. The van der Waals surface area contributed by atoms with Crippen LogP contribution in [0.1, 0.15) is 39.0 Å². The zero-order valence-corrected chi connectivity index (χ0v) is 12.1. The van der Waals surface area contributed by atoms with E-state index >= 15 is 0 Å². The first-order valence-corrected chi connectivity index (χ1v) is 7.37. The zero-order valence-electron chi connectivity index (χ0n) is 11.3. The number of imidazole rings is 1. The fraction of sp³-hybridized carbons (Fsp3) is 0.533. The molecule has 0 amide bonds. The molecule has 4 heteroatoms. The maximum atomic E-state index is 6.19. The molecule has 0 aliphatic heterocycles. The molecule has 0 unspecified atom stereocenters. The second kappa shape index (κ2) is 4.71. The van der Waals surface area contributed by atoms with E-state index in [1.165, 1.54) is 32.1 Å². The highest BCUT2D eigenvalue weighted by Crippen LogP contribution is 2.39. The highest BCUT2D eigenvalue weighted by Gasteiger charge is 2.28. The zero-order chi connectivity index (χ0) is 13.5. The van der Waals surface area contributed by atoms with Crippen LogP contribution in [-0.2, 0) is 6.54 Å². The number of hydrogen-bond donors (Lipinski definition) is 1. The van der Waals surface area contributed by atoms with Crippen LogP contribution in [0.4, 0.5) is 5.95 Å². The van der Waals surface area contributed by atoms with Crippen molar-refractivity contribution >= 4 is 28.6 Å². The molecule has 0 bridgehead atoms. The Labute approximate surface area is 118 Å². The minimum absolute atomic E-state index is 0.336. The Bertz CT molecular complexity index is 597. The van der Waals surface area contributed by atoms with Gasteiger partial charge in [-0.25, -0.2) is 4.98 Å². The number of anilines is 1. The minimum atomic E-state index is 0.336. The average Bonchev–Trinajstić information content (AvgIpc) is 2.69. The van der Waals surface area contributed by atoms with Crippen molar-refractivity contribution in [1.82, 2.24) is 9.55 Å². The molecule has 2 aromatic rings. The number of nitrogens with zero attached hydrogens (tertiary/aromatic N) is 2. The Morgan fingerprint density at radius 2 is 2.05 bits per heavy atom. The third-order valence-electron chi connectivity index (χ3n) is 4.36. The summed E-state index contributed by atoms with van der Waals surface area (Å²) in [5.74, 6) is 0.579. The molecule has 102 valence electrons. The van der Waals surface area contributed by atoms with E-state index in [0.29, 0.717) is 16.4 Å². The average molecular weight is 278 g/mol. The molecule has 3 nitrogen and oxygen atoms in total. The molecular formula is C15H20ClN3. The summed E-state index contributed by atoms with van der Waals surface area (Å²) >= 11 is 6.19. The molecule has 0 saturated heterocycles. The van der Waals surface area contributed by atoms with Crippen LogP contribution >= 0.6 is 11.6 Å². The molecule has 0 spiro atoms. The molecule has 19 heavy (non-hydrogen) atoms. The van der Waals surface area contributed by atoms with Crippen LogP contribution in [0.3, 0.4) is 0 Å². The molecule has 1 aromatic heterocycles. The Kier molecular flexibility index (Phi) is 3.17. The summed E-state index contributed by atoms with van der Waals surface area (Å²) in [7, 11) is 0. The van der Waals surface area contributed by atoms with Gasteiger partial charge in [0.25, 0.3) is 0 Å². The van der Waals surface area contributed by atoms with Gasteiger partial charge in [0.2, 0.25) is 5.95 Å². The first-order valence-electron chi connectivity index (χ1n) is 6.99. The van der Waals surface area contributed by atoms with Crippen LogP contribution in [0.15, 0.2) is 18.2 Å². The van der Waals surface area contributed by atoms with Gasteiger partial charge < -0.3 is 10.3 Å². The highest BCUT2D eigenvalue weighted by atomic mass is 35.5. The van der Waals surface area contributed by atoms with Crippen molar-refractivity contribution in [1.29, 1.82) is 0 Å². The van der Waals surface area contributed by atoms with Crippen molar-refractivity contribution in [2.24, 2.45) is 5.41 Å². The van der Waals surface area contributed by atoms with Crippen LogP contribution in [0, 0.1) is 5.41 Å². The number of benzene rings is 1. The predicted octanol–water partition coefficient (Wildman–Crippen LogP) is 4.24. The van der Waals surface area contributed by atoms with Crippen molar-refractivity contribution in [3.63, 3.8) is 0 Å². The summed E-state index contributed by atoms with van der Waals surface area (Å²) in [6.07, 6.45) is 6.55. The number of halogens is 1. The molecule has 2 N–H and O–H groups in total. The van der Waals surface area contributed by atoms with Crippen molar-refractivity contribution in [2.75, 3.05) is 5.73 Å². The first-order chi connectivity index (χ1) is 9.09. The summed E-state index contributed by atoms with van der Waals surface area (Å²) in [6, 6.07) is 5.88. The SMILES string of the molecule is CC1(Cn2c(N)nc3c(Cl)cccc32)CCCCC1. The molecule has 0 atom stereocenters. The number of nitrogens with two attached hydrogens (primary N) is 1. The van der Waals surface area contributed by atoms with Crippen LogP contribution < -0.4 is 5.73 Å². The maximum Gasteiger partial charge on any atom is 0.201 e. The van der Waals surface area contributed by atoms with Gasteiger partial charge in [0.1, 0.15) is 5.52 Å². The molecule has 1 aliphatic carbocycles. The van der Waals surface area contributed by atoms with Gasteiger partial charge in [0, 0.05) is 6.54 Å². The van der Waals surface area contributed by atoms with E-state index in [2.05, 4.69) is 22.5 Å². The fourth-order valence-corrected chi connectivity index (χ4v) is 3.45. The van der Waals surface area contributed by atoms with Crippen LogP contribution in [0.2, 0.25) is 5.02 Å². The second-order valence-electron chi connectivity index (χ2n) is 6.04. The van der Waals surface area contributed by atoms with Gasteiger partial charge in [0.05, 0.1) is 10.5 Å². The molecule has 0 radical (unpaired) electrons. The summed E-state index contributed by atoms with van der Waals surface area (Å²) in [5.41, 5.74) is 8.30. The number of rotatable bonds is 2. The van der Waals surface area contributed by atoms with Gasteiger partial charge in [-0.05, 0) is 30.4 Å². The number of aromatic nitrogens is 2. The molecular weight excluding hydrogens is 258 g/mol. The van der Waals surface area contributed by atoms with Gasteiger partial charge in [-0.3, -0.25) is 0 Å². The third kappa shape index (κ3) is 2.32. The summed E-state index contributed by atoms with van der Waals surface area (Å²) in [5, 5.41) is 0.678. The lowest BCUT2D eigenvalue weighted by Crippen LogP contribution is -2.26. The third-order valence-corrected chi connectivity index (χ3v) is 4.66. The normalized spacial score (nSPS) is 18.8. The van der Waals surface area contributed by atoms with Crippen molar-refractivity contribution in [3.8, 4) is 0 Å². The van der Waals surface area contributed by atoms with Crippen molar-refractivity contribution < 1.29 is 0 Å². The van der Waals surface area contributed by atoms with Crippen molar-refractivity contribution in [2.45, 2.75) is 45.6 Å². The minimum Gasteiger partial charge on any atom is -0.369 e. The Morgan fingerprint density at radius 1 is 1.32 bits per heavy atom. The quantitative estimate of drug-likeness (QED) is 0.892. The maximum absolute atomic E-state index is 6.19. The molecule has 1 heterocycles. The molecule has 3 rings (SSSR count). The van der Waals surface area contributed by atoms with Gasteiger partial charge in [-0.15, -0.1) is 0 Å². The Balaban J connectivity index is 2.00. The molecule has 1 aromatic carbocycles. The summed E-state index contributed by atoms with van der Waals surface area (Å²) in [4.78, 5) is 4.42. The summed E-state index contributed by atoms with van der Waals surface area (Å²) < 4.78 is 2.13. The van der Waals surface area contributed by atoms with E-state index in [9.17, 15) is 0 Å². The monoisotopic (exact) mass is 277 g/mol. The van der Waals surface area contributed by atoms with Gasteiger partial charge in [0.15, 0.2) is 0 Å². The van der Waals surface area contributed by atoms with Crippen LogP contribution in [0.25, 0.3) is 11.0 Å². The fourth-order valence-electron chi connectivity index (χ4n) is 3.24. The molecule has 1 aliphatic rings. The number of para-hydroxylation sites is 1. The van der Waals surface area contributed by atoms with Gasteiger partial charge in [-0.2, -0.15) is 0 Å². The number of nitrogen functional groups attached to an aromatic ring is 1. The Morgan fingerprint density at radius 3 is 2.79 bits per heavy atom. The van der Waals surface area contributed by atoms with Crippen molar-refractivity contribution in [3.05, 3.63) is 23.2 Å². The molecule has 1 saturated carbocycles. The smallest absolute Gasteiger partial charge is 0.201 e. The van der Waals surface area contributed by atoms with Gasteiger partial charge in [-0.1, -0.05) is 43.9 Å². The van der Waals surface area contributed by atoms with E-state index in [1.807, 2.05) is 12.1 Å². The van der Waals surface area contributed by atoms with Crippen LogP contribution in [-0.4, -0.2) is 9.55 Å². The van der Waals surface area contributed by atoms with Crippen LogP contribution in [0.5, 0.6) is 0 Å². The topological polar surface area (TPSA) is 43.8 Å². The largest absolute Gasteiger partial charge is 0.369 e. The first kappa shape index (κ1) is 12.8. The van der Waals surface area contributed by atoms with Gasteiger partial charge >= 0.3 is 0 Å².